The van der Waals surface area contributed by atoms with E-state index in [1.807, 2.05) is 38.1 Å². The van der Waals surface area contributed by atoms with E-state index in [-0.39, 0.29) is 23.9 Å². The Labute approximate surface area is 174 Å². The molecule has 4 rings (SSSR count). The van der Waals surface area contributed by atoms with Gasteiger partial charge in [0.2, 0.25) is 0 Å². The van der Waals surface area contributed by atoms with Gasteiger partial charge in [0.25, 0.3) is 5.91 Å². The van der Waals surface area contributed by atoms with Crippen molar-refractivity contribution in [3.63, 3.8) is 0 Å². The van der Waals surface area contributed by atoms with E-state index in [0.717, 1.165) is 11.3 Å². The SMILES string of the molecule is COc1ccc(-c2cc(C(=O)N3C[C@@H](C)O[C@H](C)C3)n(-c3ccc(F)cc3)n2)cc1. The Balaban J connectivity index is 1.75. The minimum absolute atomic E-state index is 0.0408. The number of methoxy groups -OCH3 is 1. The number of hydrogen-bond acceptors (Lipinski definition) is 4. The summed E-state index contributed by atoms with van der Waals surface area (Å²) in [5.74, 6) is 0.267. The van der Waals surface area contributed by atoms with E-state index in [0.29, 0.717) is 30.2 Å². The van der Waals surface area contributed by atoms with Crippen LogP contribution in [-0.4, -0.2) is 53.0 Å². The van der Waals surface area contributed by atoms with Crippen molar-refractivity contribution in [1.29, 1.82) is 0 Å². The van der Waals surface area contributed by atoms with Crippen molar-refractivity contribution in [3.05, 3.63) is 66.1 Å². The summed E-state index contributed by atoms with van der Waals surface area (Å²) in [7, 11) is 1.61. The monoisotopic (exact) mass is 409 g/mol. The third-order valence-electron chi connectivity index (χ3n) is 5.09. The summed E-state index contributed by atoms with van der Waals surface area (Å²) in [5.41, 5.74) is 2.55. The molecule has 1 aliphatic rings. The summed E-state index contributed by atoms with van der Waals surface area (Å²) in [6.07, 6.45) is -0.0816. The van der Waals surface area contributed by atoms with Gasteiger partial charge in [-0.3, -0.25) is 4.79 Å². The fourth-order valence-electron chi connectivity index (χ4n) is 3.72. The Morgan fingerprint density at radius 3 is 2.30 bits per heavy atom. The van der Waals surface area contributed by atoms with Gasteiger partial charge in [0, 0.05) is 18.7 Å². The van der Waals surface area contributed by atoms with Crippen LogP contribution in [0.2, 0.25) is 0 Å². The lowest BCUT2D eigenvalue weighted by molar-refractivity contribution is -0.0588. The molecule has 1 aromatic heterocycles. The maximum Gasteiger partial charge on any atom is 0.272 e. The quantitative estimate of drug-likeness (QED) is 0.655. The average molecular weight is 409 g/mol. The largest absolute Gasteiger partial charge is 0.497 e. The number of ether oxygens (including phenoxy) is 2. The molecule has 0 bridgehead atoms. The maximum absolute atomic E-state index is 13.4. The first-order chi connectivity index (χ1) is 14.4. The Bertz CT molecular complexity index is 1020. The van der Waals surface area contributed by atoms with Gasteiger partial charge in [-0.2, -0.15) is 5.10 Å². The van der Waals surface area contributed by atoms with Crippen molar-refractivity contribution in [2.45, 2.75) is 26.1 Å². The van der Waals surface area contributed by atoms with Crippen LogP contribution in [0.3, 0.4) is 0 Å². The summed E-state index contributed by atoms with van der Waals surface area (Å²) >= 11 is 0. The highest BCUT2D eigenvalue weighted by atomic mass is 19.1. The first-order valence-corrected chi connectivity index (χ1v) is 9.90. The van der Waals surface area contributed by atoms with Gasteiger partial charge in [0.15, 0.2) is 0 Å². The summed E-state index contributed by atoms with van der Waals surface area (Å²) in [5, 5.41) is 4.66. The molecule has 1 amide bonds. The molecule has 2 heterocycles. The highest BCUT2D eigenvalue weighted by molar-refractivity contribution is 5.94. The molecule has 156 valence electrons. The van der Waals surface area contributed by atoms with Crippen molar-refractivity contribution in [2.75, 3.05) is 20.2 Å². The smallest absolute Gasteiger partial charge is 0.272 e. The summed E-state index contributed by atoms with van der Waals surface area (Å²) in [6, 6.07) is 15.2. The van der Waals surface area contributed by atoms with Gasteiger partial charge in [-0.15, -0.1) is 0 Å². The molecule has 2 atom stereocenters. The van der Waals surface area contributed by atoms with Crippen LogP contribution in [0.4, 0.5) is 4.39 Å². The Kier molecular flexibility index (Phi) is 5.55. The number of amides is 1. The van der Waals surface area contributed by atoms with Crippen LogP contribution < -0.4 is 4.74 Å². The van der Waals surface area contributed by atoms with Gasteiger partial charge in [-0.05, 0) is 68.4 Å². The minimum atomic E-state index is -0.343. The normalized spacial score (nSPS) is 19.0. The van der Waals surface area contributed by atoms with Gasteiger partial charge in [0.05, 0.1) is 30.7 Å². The highest BCUT2D eigenvalue weighted by Gasteiger charge is 2.29. The summed E-state index contributed by atoms with van der Waals surface area (Å²) in [6.45, 7) is 4.93. The Morgan fingerprint density at radius 2 is 1.70 bits per heavy atom. The lowest BCUT2D eigenvalue weighted by Crippen LogP contribution is -2.48. The van der Waals surface area contributed by atoms with Crippen LogP contribution in [0.5, 0.6) is 5.75 Å². The topological polar surface area (TPSA) is 56.6 Å². The number of carbonyl (C=O) groups excluding carboxylic acids is 1. The highest BCUT2D eigenvalue weighted by Crippen LogP contribution is 2.25. The molecule has 0 spiro atoms. The molecule has 3 aromatic rings. The fourth-order valence-corrected chi connectivity index (χ4v) is 3.72. The molecule has 2 aromatic carbocycles. The Hall–Kier alpha value is -3.19. The molecule has 7 heteroatoms. The molecule has 0 unspecified atom stereocenters. The first kappa shape index (κ1) is 20.1. The molecular weight excluding hydrogens is 385 g/mol. The molecule has 1 saturated heterocycles. The van der Waals surface area contributed by atoms with Gasteiger partial charge < -0.3 is 14.4 Å². The predicted octanol–water partition coefficient (Wildman–Crippen LogP) is 3.94. The minimum Gasteiger partial charge on any atom is -0.497 e. The molecule has 6 nitrogen and oxygen atoms in total. The number of aromatic nitrogens is 2. The van der Waals surface area contributed by atoms with Crippen molar-refractivity contribution in [1.82, 2.24) is 14.7 Å². The van der Waals surface area contributed by atoms with E-state index in [1.165, 1.54) is 12.1 Å². The second-order valence-corrected chi connectivity index (χ2v) is 7.50. The number of benzene rings is 2. The van der Waals surface area contributed by atoms with Gasteiger partial charge in [0.1, 0.15) is 17.3 Å². The number of halogens is 1. The lowest BCUT2D eigenvalue weighted by atomic mass is 10.1. The van der Waals surface area contributed by atoms with Crippen LogP contribution in [0.1, 0.15) is 24.3 Å². The standard InChI is InChI=1S/C23H24FN3O3/c1-15-13-26(14-16(2)30-15)23(28)22-12-21(17-4-10-20(29-3)11-5-17)25-27(22)19-8-6-18(24)7-9-19/h4-12,15-16H,13-14H2,1-3H3/t15-,16-/m1/s1. The van der Waals surface area contributed by atoms with E-state index in [1.54, 1.807) is 34.9 Å². The van der Waals surface area contributed by atoms with E-state index in [9.17, 15) is 9.18 Å². The average Bonchev–Trinajstić information content (AvgIpc) is 3.18. The first-order valence-electron chi connectivity index (χ1n) is 9.90. The van der Waals surface area contributed by atoms with Gasteiger partial charge in [-0.25, -0.2) is 9.07 Å². The van der Waals surface area contributed by atoms with E-state index < -0.39 is 0 Å². The summed E-state index contributed by atoms with van der Waals surface area (Å²) < 4.78 is 26.0. The maximum atomic E-state index is 13.4. The number of nitrogens with zero attached hydrogens (tertiary/aromatic N) is 3. The third kappa shape index (κ3) is 4.07. The van der Waals surface area contributed by atoms with Crippen molar-refractivity contribution >= 4 is 5.91 Å². The zero-order chi connectivity index (χ0) is 21.3. The second kappa shape index (κ2) is 8.28. The number of hydrogen-bond donors (Lipinski definition) is 0. The Morgan fingerprint density at radius 1 is 1.07 bits per heavy atom. The third-order valence-corrected chi connectivity index (χ3v) is 5.09. The van der Waals surface area contributed by atoms with Crippen LogP contribution in [0.15, 0.2) is 54.6 Å². The van der Waals surface area contributed by atoms with E-state index in [2.05, 4.69) is 5.10 Å². The van der Waals surface area contributed by atoms with Crippen molar-refractivity contribution in [3.8, 4) is 22.7 Å². The summed E-state index contributed by atoms with van der Waals surface area (Å²) in [4.78, 5) is 15.2. The molecule has 1 aliphatic heterocycles. The van der Waals surface area contributed by atoms with E-state index >= 15 is 0 Å². The van der Waals surface area contributed by atoms with Crippen LogP contribution in [0.25, 0.3) is 16.9 Å². The molecule has 0 aliphatic carbocycles. The zero-order valence-corrected chi connectivity index (χ0v) is 17.2. The molecule has 0 N–H and O–H groups in total. The van der Waals surface area contributed by atoms with Crippen LogP contribution in [0, 0.1) is 5.82 Å². The number of rotatable bonds is 4. The number of carbonyl (C=O) groups is 1. The van der Waals surface area contributed by atoms with E-state index in [4.69, 9.17) is 9.47 Å². The molecule has 0 radical (unpaired) electrons. The fraction of sp³-hybridized carbons (Fsp3) is 0.304. The van der Waals surface area contributed by atoms with Crippen LogP contribution >= 0.6 is 0 Å². The predicted molar refractivity (Wildman–Crippen MR) is 111 cm³/mol. The second-order valence-electron chi connectivity index (χ2n) is 7.50. The van der Waals surface area contributed by atoms with Gasteiger partial charge >= 0.3 is 0 Å². The van der Waals surface area contributed by atoms with Crippen LogP contribution in [-0.2, 0) is 4.74 Å². The van der Waals surface area contributed by atoms with Gasteiger partial charge in [-0.1, -0.05) is 0 Å². The molecular formula is C23H24FN3O3. The lowest BCUT2D eigenvalue weighted by Gasteiger charge is -2.35. The van der Waals surface area contributed by atoms with Crippen molar-refractivity contribution in [2.24, 2.45) is 0 Å². The molecule has 0 saturated carbocycles. The van der Waals surface area contributed by atoms with Crippen molar-refractivity contribution < 1.29 is 18.7 Å². The zero-order valence-electron chi connectivity index (χ0n) is 17.2. The molecule has 30 heavy (non-hydrogen) atoms. The molecule has 1 fully saturated rings. The number of morpholine rings is 1.